The fraction of sp³-hybridized carbons (Fsp3) is 0.400. The SMILES string of the molecule is NC(=O)CCC(=O)NO.NC=O. The second kappa shape index (κ2) is 9.37. The molecule has 0 aliphatic carbocycles. The lowest BCUT2D eigenvalue weighted by Gasteiger charge is -1.92. The molecular weight excluding hydrogens is 166 g/mol. The number of rotatable bonds is 3. The predicted octanol–water partition coefficient (Wildman–Crippen LogP) is -2.14. The van der Waals surface area contributed by atoms with E-state index in [2.05, 4.69) is 5.73 Å². The van der Waals surface area contributed by atoms with Crippen molar-refractivity contribution in [3.8, 4) is 0 Å². The standard InChI is InChI=1S/C4H8N2O3.CH3NO/c5-3(7)1-2-4(8)6-9;2-1-3/h9H,1-2H2,(H2,5,7)(H,6,8);1H,(H2,2,3). The van der Waals surface area contributed by atoms with Crippen LogP contribution in [0.15, 0.2) is 0 Å². The van der Waals surface area contributed by atoms with Gasteiger partial charge in [-0.2, -0.15) is 0 Å². The van der Waals surface area contributed by atoms with Gasteiger partial charge in [-0.1, -0.05) is 0 Å². The average Bonchev–Trinajstić information content (AvgIpc) is 2.01. The van der Waals surface area contributed by atoms with Crippen LogP contribution in [-0.2, 0) is 14.4 Å². The molecule has 0 atom stereocenters. The molecule has 7 nitrogen and oxygen atoms in total. The highest BCUT2D eigenvalue weighted by Crippen LogP contribution is 1.84. The van der Waals surface area contributed by atoms with Crippen molar-refractivity contribution in [3.63, 3.8) is 0 Å². The minimum atomic E-state index is -0.603. The lowest BCUT2D eigenvalue weighted by atomic mass is 10.3. The Labute approximate surface area is 68.7 Å². The van der Waals surface area contributed by atoms with Crippen molar-refractivity contribution in [2.45, 2.75) is 12.8 Å². The van der Waals surface area contributed by atoms with Crippen LogP contribution in [-0.4, -0.2) is 23.4 Å². The van der Waals surface area contributed by atoms with Gasteiger partial charge in [0, 0.05) is 12.8 Å². The van der Waals surface area contributed by atoms with Crippen LogP contribution in [0.5, 0.6) is 0 Å². The van der Waals surface area contributed by atoms with E-state index in [4.69, 9.17) is 15.7 Å². The summed E-state index contributed by atoms with van der Waals surface area (Å²) in [6.45, 7) is 0. The lowest BCUT2D eigenvalue weighted by molar-refractivity contribution is -0.131. The highest BCUT2D eigenvalue weighted by atomic mass is 16.5. The molecule has 0 radical (unpaired) electrons. The average molecular weight is 177 g/mol. The summed E-state index contributed by atoms with van der Waals surface area (Å²) in [5, 5.41) is 7.90. The molecule has 0 aromatic heterocycles. The Balaban J connectivity index is 0. The van der Waals surface area contributed by atoms with Gasteiger partial charge in [-0.3, -0.25) is 19.6 Å². The number of nitrogens with one attached hydrogen (secondary N) is 1. The number of amides is 3. The van der Waals surface area contributed by atoms with Crippen LogP contribution < -0.4 is 16.9 Å². The molecule has 0 saturated heterocycles. The van der Waals surface area contributed by atoms with E-state index in [-0.39, 0.29) is 19.3 Å². The molecule has 6 N–H and O–H groups in total. The van der Waals surface area contributed by atoms with E-state index in [9.17, 15) is 9.59 Å². The van der Waals surface area contributed by atoms with Gasteiger partial charge in [-0.15, -0.1) is 0 Å². The Kier molecular flexibility index (Phi) is 10.1. The van der Waals surface area contributed by atoms with Gasteiger partial charge in [0.1, 0.15) is 0 Å². The van der Waals surface area contributed by atoms with Crippen LogP contribution in [0, 0.1) is 0 Å². The molecule has 0 spiro atoms. The Bertz CT molecular complexity index is 159. The molecule has 0 aliphatic rings. The van der Waals surface area contributed by atoms with Crippen molar-refractivity contribution >= 4 is 18.2 Å². The summed E-state index contributed by atoms with van der Waals surface area (Å²) in [5.74, 6) is -1.16. The van der Waals surface area contributed by atoms with Crippen LogP contribution in [0.2, 0.25) is 0 Å². The van der Waals surface area contributed by atoms with Crippen molar-refractivity contribution in [1.82, 2.24) is 5.48 Å². The molecule has 0 bridgehead atoms. The largest absolute Gasteiger partial charge is 0.372 e. The van der Waals surface area contributed by atoms with E-state index >= 15 is 0 Å². The van der Waals surface area contributed by atoms with Gasteiger partial charge in [0.2, 0.25) is 18.2 Å². The number of hydroxylamine groups is 1. The first-order valence-electron chi connectivity index (χ1n) is 2.95. The van der Waals surface area contributed by atoms with Gasteiger partial charge in [0.15, 0.2) is 0 Å². The normalized spacial score (nSPS) is 7.42. The van der Waals surface area contributed by atoms with Gasteiger partial charge >= 0.3 is 0 Å². The van der Waals surface area contributed by atoms with E-state index in [1.807, 2.05) is 0 Å². The maximum Gasteiger partial charge on any atom is 0.243 e. The van der Waals surface area contributed by atoms with Gasteiger partial charge in [-0.25, -0.2) is 5.48 Å². The minimum absolute atomic E-state index is 0.0353. The molecule has 3 amide bonds. The van der Waals surface area contributed by atoms with Crippen molar-refractivity contribution in [3.05, 3.63) is 0 Å². The third-order valence-electron chi connectivity index (χ3n) is 0.723. The number of nitrogens with two attached hydrogens (primary N) is 2. The first-order valence-corrected chi connectivity index (χ1v) is 2.95. The molecule has 12 heavy (non-hydrogen) atoms. The number of hydrogen-bond acceptors (Lipinski definition) is 4. The number of carbonyl (C=O) groups is 3. The zero-order valence-corrected chi connectivity index (χ0v) is 6.32. The Hall–Kier alpha value is -1.63. The third kappa shape index (κ3) is 15.8. The van der Waals surface area contributed by atoms with Crippen LogP contribution in [0.4, 0.5) is 0 Å². The lowest BCUT2D eigenvalue weighted by Crippen LogP contribution is -2.21. The summed E-state index contributed by atoms with van der Waals surface area (Å²) < 4.78 is 0. The molecule has 7 heteroatoms. The molecule has 0 aliphatic heterocycles. The summed E-state index contributed by atoms with van der Waals surface area (Å²) >= 11 is 0. The highest BCUT2D eigenvalue weighted by Gasteiger charge is 2.00. The summed E-state index contributed by atoms with van der Waals surface area (Å²) in [7, 11) is 0. The smallest absolute Gasteiger partial charge is 0.243 e. The summed E-state index contributed by atoms with van der Waals surface area (Å²) in [6.07, 6.45) is 0.151. The topological polar surface area (TPSA) is 136 Å². The van der Waals surface area contributed by atoms with Crippen LogP contribution in [0.1, 0.15) is 12.8 Å². The van der Waals surface area contributed by atoms with Gasteiger partial charge in [0.25, 0.3) is 0 Å². The predicted molar refractivity (Wildman–Crippen MR) is 38.6 cm³/mol. The van der Waals surface area contributed by atoms with E-state index in [1.165, 1.54) is 5.48 Å². The molecule has 0 aromatic rings. The van der Waals surface area contributed by atoms with Crippen molar-refractivity contribution in [2.24, 2.45) is 11.5 Å². The van der Waals surface area contributed by atoms with Crippen molar-refractivity contribution < 1.29 is 19.6 Å². The maximum atomic E-state index is 10.1. The number of hydrogen-bond donors (Lipinski definition) is 4. The minimum Gasteiger partial charge on any atom is -0.372 e. The zero-order chi connectivity index (χ0) is 9.98. The zero-order valence-electron chi connectivity index (χ0n) is 6.32. The number of carbonyl (C=O) groups excluding carboxylic acids is 3. The molecule has 0 rings (SSSR count). The molecule has 0 heterocycles. The monoisotopic (exact) mass is 177 g/mol. The van der Waals surface area contributed by atoms with Crippen LogP contribution in [0.3, 0.4) is 0 Å². The molecule has 70 valence electrons. The molecular formula is C5H11N3O4. The van der Waals surface area contributed by atoms with Crippen molar-refractivity contribution in [1.29, 1.82) is 0 Å². The quantitative estimate of drug-likeness (QED) is 0.222. The van der Waals surface area contributed by atoms with Gasteiger partial charge in [-0.05, 0) is 0 Å². The summed E-state index contributed by atoms with van der Waals surface area (Å²) in [5.41, 5.74) is 10.2. The fourth-order valence-electron chi connectivity index (χ4n) is 0.293. The first-order chi connectivity index (χ1) is 5.58. The maximum absolute atomic E-state index is 10.1. The first kappa shape index (κ1) is 13.0. The Morgan fingerprint density at radius 3 is 2.08 bits per heavy atom. The van der Waals surface area contributed by atoms with Crippen LogP contribution >= 0.6 is 0 Å². The van der Waals surface area contributed by atoms with Gasteiger partial charge < -0.3 is 11.5 Å². The Morgan fingerprint density at radius 2 is 1.83 bits per heavy atom. The third-order valence-corrected chi connectivity index (χ3v) is 0.723. The molecule has 0 unspecified atom stereocenters. The van der Waals surface area contributed by atoms with Gasteiger partial charge in [0.05, 0.1) is 0 Å². The molecule has 0 saturated carbocycles. The van der Waals surface area contributed by atoms with E-state index < -0.39 is 11.8 Å². The second-order valence-corrected chi connectivity index (χ2v) is 1.64. The van der Waals surface area contributed by atoms with E-state index in [0.717, 1.165) is 0 Å². The summed E-state index contributed by atoms with van der Waals surface area (Å²) in [4.78, 5) is 28.7. The van der Waals surface area contributed by atoms with E-state index in [1.54, 1.807) is 0 Å². The van der Waals surface area contributed by atoms with E-state index in [0.29, 0.717) is 0 Å². The highest BCUT2D eigenvalue weighted by molar-refractivity contribution is 5.82. The Morgan fingerprint density at radius 1 is 1.42 bits per heavy atom. The van der Waals surface area contributed by atoms with Crippen molar-refractivity contribution in [2.75, 3.05) is 0 Å². The fourth-order valence-corrected chi connectivity index (χ4v) is 0.293. The summed E-state index contributed by atoms with van der Waals surface area (Å²) in [6, 6.07) is 0. The molecule has 0 fully saturated rings. The van der Waals surface area contributed by atoms with Crippen LogP contribution in [0.25, 0.3) is 0 Å². The molecule has 0 aromatic carbocycles. The second-order valence-electron chi connectivity index (χ2n) is 1.64. The number of primary amides is 2.